The molecule has 26 heavy (non-hydrogen) atoms. The topological polar surface area (TPSA) is 96.8 Å². The van der Waals surface area contributed by atoms with Crippen LogP contribution >= 0.6 is 11.8 Å². The smallest absolute Gasteiger partial charge is 0.263 e. The van der Waals surface area contributed by atoms with Crippen LogP contribution in [-0.4, -0.2) is 54.9 Å². The molecule has 1 amide bonds. The average Bonchev–Trinajstić information content (AvgIpc) is 3.15. The third-order valence-corrected chi connectivity index (χ3v) is 4.64. The van der Waals surface area contributed by atoms with E-state index < -0.39 is 5.56 Å². The Balaban J connectivity index is 1.58. The third-order valence-electron chi connectivity index (χ3n) is 3.65. The molecule has 0 saturated carbocycles. The number of H-pyrrole nitrogens is 1. The van der Waals surface area contributed by atoms with Crippen molar-refractivity contribution in [3.63, 3.8) is 0 Å². The summed E-state index contributed by atoms with van der Waals surface area (Å²) in [7, 11) is 1.68. The summed E-state index contributed by atoms with van der Waals surface area (Å²) < 4.78 is 1.53. The predicted molar refractivity (Wildman–Crippen MR) is 98.1 cm³/mol. The fraction of sp³-hybridized carbons (Fsp3) is 0.235. The van der Waals surface area contributed by atoms with Crippen LogP contribution < -0.4 is 5.56 Å². The van der Waals surface area contributed by atoms with Crippen LogP contribution in [0.5, 0.6) is 0 Å². The van der Waals surface area contributed by atoms with Crippen molar-refractivity contribution in [3.05, 3.63) is 70.9 Å². The van der Waals surface area contributed by atoms with E-state index in [1.54, 1.807) is 18.8 Å². The lowest BCUT2D eigenvalue weighted by molar-refractivity contribution is 0.0801. The molecule has 0 aliphatic heterocycles. The van der Waals surface area contributed by atoms with Gasteiger partial charge in [-0.2, -0.15) is 5.10 Å². The molecule has 0 aliphatic rings. The SMILES string of the molecule is CN(CCSc1ccccc1)C(=O)c1cnc(Cn2cncn2)[nH]c1=O. The summed E-state index contributed by atoms with van der Waals surface area (Å²) in [5.74, 6) is 0.807. The van der Waals surface area contributed by atoms with Crippen molar-refractivity contribution in [2.24, 2.45) is 0 Å². The molecule has 0 atom stereocenters. The van der Waals surface area contributed by atoms with Crippen LogP contribution in [0.1, 0.15) is 16.2 Å². The number of nitrogens with one attached hydrogen (secondary N) is 1. The molecule has 0 bridgehead atoms. The normalized spacial score (nSPS) is 10.7. The van der Waals surface area contributed by atoms with Gasteiger partial charge in [0.05, 0.1) is 0 Å². The molecule has 0 aliphatic carbocycles. The van der Waals surface area contributed by atoms with Gasteiger partial charge in [0, 0.05) is 30.4 Å². The van der Waals surface area contributed by atoms with E-state index in [0.717, 1.165) is 10.6 Å². The summed E-state index contributed by atoms with van der Waals surface area (Å²) in [6.07, 6.45) is 4.24. The Bertz CT molecular complexity index is 911. The first-order valence-electron chi connectivity index (χ1n) is 7.97. The highest BCUT2D eigenvalue weighted by Gasteiger charge is 2.16. The van der Waals surface area contributed by atoms with Crippen molar-refractivity contribution >= 4 is 17.7 Å². The van der Waals surface area contributed by atoms with Crippen molar-refractivity contribution in [3.8, 4) is 0 Å². The second-order valence-electron chi connectivity index (χ2n) is 5.55. The molecule has 0 radical (unpaired) electrons. The second-order valence-corrected chi connectivity index (χ2v) is 6.72. The number of hydrogen-bond donors (Lipinski definition) is 1. The molecular weight excluding hydrogens is 352 g/mol. The van der Waals surface area contributed by atoms with Crippen molar-refractivity contribution in [2.75, 3.05) is 19.3 Å². The highest BCUT2D eigenvalue weighted by atomic mass is 32.2. The Labute approximate surface area is 154 Å². The van der Waals surface area contributed by atoms with Gasteiger partial charge in [0.15, 0.2) is 0 Å². The lowest BCUT2D eigenvalue weighted by Crippen LogP contribution is -2.34. The largest absolute Gasteiger partial charge is 0.341 e. The maximum atomic E-state index is 12.5. The van der Waals surface area contributed by atoms with E-state index in [1.807, 2.05) is 30.3 Å². The number of benzene rings is 1. The van der Waals surface area contributed by atoms with Crippen molar-refractivity contribution in [2.45, 2.75) is 11.4 Å². The summed E-state index contributed by atoms with van der Waals surface area (Å²) >= 11 is 1.66. The molecule has 0 fully saturated rings. The summed E-state index contributed by atoms with van der Waals surface area (Å²) in [6, 6.07) is 9.96. The molecule has 3 rings (SSSR count). The van der Waals surface area contributed by atoms with E-state index in [2.05, 4.69) is 20.1 Å². The monoisotopic (exact) mass is 370 g/mol. The number of amides is 1. The number of rotatable bonds is 7. The van der Waals surface area contributed by atoms with Gasteiger partial charge in [-0.05, 0) is 12.1 Å². The first-order valence-corrected chi connectivity index (χ1v) is 8.96. The van der Waals surface area contributed by atoms with Gasteiger partial charge in [0.2, 0.25) is 0 Å². The van der Waals surface area contributed by atoms with Crippen LogP contribution in [0.2, 0.25) is 0 Å². The Morgan fingerprint density at radius 3 is 2.81 bits per heavy atom. The molecule has 2 heterocycles. The second kappa shape index (κ2) is 8.43. The fourth-order valence-electron chi connectivity index (χ4n) is 2.26. The quantitative estimate of drug-likeness (QED) is 0.629. The number of carbonyl (C=O) groups excluding carboxylic acids is 1. The van der Waals surface area contributed by atoms with Crippen LogP contribution in [0.4, 0.5) is 0 Å². The Hall–Kier alpha value is -2.94. The zero-order valence-electron chi connectivity index (χ0n) is 14.2. The van der Waals surface area contributed by atoms with E-state index in [9.17, 15) is 9.59 Å². The standard InChI is InChI=1S/C17H18N6O2S/c1-22(7-8-26-13-5-3-2-4-6-13)17(25)14-9-19-15(21-16(14)24)10-23-12-18-11-20-23/h2-6,9,11-12H,7-8,10H2,1H3,(H,19,21,24). The maximum absolute atomic E-state index is 12.5. The number of nitrogens with zero attached hydrogens (tertiary/aromatic N) is 5. The lowest BCUT2D eigenvalue weighted by atomic mass is 10.3. The van der Waals surface area contributed by atoms with Gasteiger partial charge in [-0.25, -0.2) is 14.6 Å². The van der Waals surface area contributed by atoms with Crippen LogP contribution in [-0.2, 0) is 6.54 Å². The molecule has 2 aromatic heterocycles. The summed E-state index contributed by atoms with van der Waals surface area (Å²) in [5.41, 5.74) is -0.428. The Morgan fingerprint density at radius 1 is 1.31 bits per heavy atom. The molecule has 0 unspecified atom stereocenters. The highest BCUT2D eigenvalue weighted by molar-refractivity contribution is 7.99. The van der Waals surface area contributed by atoms with Crippen LogP contribution in [0.25, 0.3) is 0 Å². The van der Waals surface area contributed by atoms with E-state index in [-0.39, 0.29) is 18.0 Å². The molecule has 134 valence electrons. The zero-order valence-corrected chi connectivity index (χ0v) is 15.0. The van der Waals surface area contributed by atoms with Crippen LogP contribution in [0, 0.1) is 0 Å². The van der Waals surface area contributed by atoms with E-state index >= 15 is 0 Å². The first-order chi connectivity index (χ1) is 12.6. The molecule has 1 N–H and O–H groups in total. The van der Waals surface area contributed by atoms with Crippen LogP contribution in [0.3, 0.4) is 0 Å². The molecule has 0 saturated heterocycles. The first kappa shape index (κ1) is 17.9. The minimum absolute atomic E-state index is 0.0274. The summed E-state index contributed by atoms with van der Waals surface area (Å²) in [4.78, 5) is 38.0. The molecular formula is C17H18N6O2S. The van der Waals surface area contributed by atoms with E-state index in [0.29, 0.717) is 12.4 Å². The summed E-state index contributed by atoms with van der Waals surface area (Å²) in [5, 5.41) is 3.95. The Morgan fingerprint density at radius 2 is 2.12 bits per heavy atom. The lowest BCUT2D eigenvalue weighted by Gasteiger charge is -2.16. The highest BCUT2D eigenvalue weighted by Crippen LogP contribution is 2.16. The minimum atomic E-state index is -0.456. The zero-order chi connectivity index (χ0) is 18.4. The van der Waals surface area contributed by atoms with Gasteiger partial charge < -0.3 is 9.88 Å². The van der Waals surface area contributed by atoms with Gasteiger partial charge in [-0.3, -0.25) is 9.59 Å². The van der Waals surface area contributed by atoms with E-state index in [1.165, 1.54) is 28.4 Å². The van der Waals surface area contributed by atoms with Crippen molar-refractivity contribution in [1.82, 2.24) is 29.6 Å². The fourth-order valence-corrected chi connectivity index (χ4v) is 3.21. The van der Waals surface area contributed by atoms with Gasteiger partial charge in [-0.1, -0.05) is 18.2 Å². The minimum Gasteiger partial charge on any atom is -0.341 e. The summed E-state index contributed by atoms with van der Waals surface area (Å²) in [6.45, 7) is 0.811. The van der Waals surface area contributed by atoms with E-state index in [4.69, 9.17) is 0 Å². The maximum Gasteiger partial charge on any atom is 0.263 e. The number of thioether (sulfide) groups is 1. The molecule has 8 nitrogen and oxygen atoms in total. The molecule has 3 aromatic rings. The molecule has 1 aromatic carbocycles. The predicted octanol–water partition coefficient (Wildman–Crippen LogP) is 1.27. The van der Waals surface area contributed by atoms with Gasteiger partial charge in [0.25, 0.3) is 11.5 Å². The van der Waals surface area contributed by atoms with Gasteiger partial charge in [0.1, 0.15) is 30.6 Å². The Kier molecular flexibility index (Phi) is 5.80. The van der Waals surface area contributed by atoms with Crippen molar-refractivity contribution in [1.29, 1.82) is 0 Å². The number of aromatic nitrogens is 5. The number of carbonyl (C=O) groups is 1. The van der Waals surface area contributed by atoms with Gasteiger partial charge in [-0.15, -0.1) is 11.8 Å². The average molecular weight is 370 g/mol. The number of aromatic amines is 1. The number of hydrogen-bond acceptors (Lipinski definition) is 6. The molecule has 0 spiro atoms. The van der Waals surface area contributed by atoms with Crippen molar-refractivity contribution < 1.29 is 4.79 Å². The molecule has 9 heteroatoms. The third kappa shape index (κ3) is 4.57. The van der Waals surface area contributed by atoms with Gasteiger partial charge >= 0.3 is 0 Å². The van der Waals surface area contributed by atoms with Crippen LogP contribution in [0.15, 0.2) is 58.9 Å².